The molecule has 7 nitrogen and oxygen atoms in total. The molecule has 3 N–H and O–H groups in total. The van der Waals surface area contributed by atoms with Crippen molar-refractivity contribution >= 4 is 22.8 Å². The monoisotopic (exact) mass is 472 g/mol. The Morgan fingerprint density at radius 2 is 1.91 bits per heavy atom. The molecular formula is C24H27F3N6O. The highest BCUT2D eigenvalue weighted by Gasteiger charge is 2.39. The number of alkyl halides is 3. The van der Waals surface area contributed by atoms with Crippen molar-refractivity contribution in [2.75, 3.05) is 19.6 Å². The number of β-amino-alcohol motifs (C(OH)–C–C–N with tert-alkyl or cyclic N) is 1. The van der Waals surface area contributed by atoms with Gasteiger partial charge in [0.05, 0.1) is 16.9 Å². The van der Waals surface area contributed by atoms with Gasteiger partial charge >= 0.3 is 6.18 Å². The van der Waals surface area contributed by atoms with Crippen LogP contribution in [0.25, 0.3) is 10.9 Å². The van der Waals surface area contributed by atoms with E-state index in [4.69, 9.17) is 5.53 Å². The Bertz CT molecular complexity index is 1150. The van der Waals surface area contributed by atoms with Gasteiger partial charge < -0.3 is 10.0 Å². The van der Waals surface area contributed by atoms with Gasteiger partial charge in [0.25, 0.3) is 0 Å². The number of H-pyrrole nitrogens is 1. The van der Waals surface area contributed by atoms with E-state index in [1.54, 1.807) is 11.1 Å². The lowest BCUT2D eigenvalue weighted by atomic mass is 9.89. The quantitative estimate of drug-likeness (QED) is 0.315. The molecular weight excluding hydrogens is 445 g/mol. The Morgan fingerprint density at radius 1 is 1.21 bits per heavy atom. The number of aromatic amines is 1. The predicted octanol–water partition coefficient (Wildman–Crippen LogP) is 5.45. The lowest BCUT2D eigenvalue weighted by Crippen LogP contribution is -2.43. The summed E-state index contributed by atoms with van der Waals surface area (Å²) in [6, 6.07) is 13.1. The summed E-state index contributed by atoms with van der Waals surface area (Å²) in [6.07, 6.45) is -3.80. The van der Waals surface area contributed by atoms with Gasteiger partial charge in [0.1, 0.15) is 6.04 Å². The smallest absolute Gasteiger partial charge is 0.382 e. The van der Waals surface area contributed by atoms with Crippen molar-refractivity contribution in [1.29, 1.82) is 5.53 Å². The largest absolute Gasteiger partial charge is 0.415 e. The summed E-state index contributed by atoms with van der Waals surface area (Å²) in [5.74, 6) is 0.258. The van der Waals surface area contributed by atoms with Gasteiger partial charge in [-0.25, -0.2) is 5.53 Å². The minimum atomic E-state index is -4.58. The SMILES string of the molecule is Cc1ccc2c(C(C=Nc3ccc(C4CCN(CC(O)C(F)(F)F)CC4)cc3)N=N)[nH]nc2c1. The maximum absolute atomic E-state index is 12.6. The van der Waals surface area contributed by atoms with Gasteiger partial charge in [0, 0.05) is 18.1 Å². The fraction of sp³-hybridized carbons (Fsp3) is 0.417. The number of aromatic nitrogens is 2. The number of hydrogen-bond acceptors (Lipinski definition) is 6. The van der Waals surface area contributed by atoms with Crippen LogP contribution < -0.4 is 0 Å². The van der Waals surface area contributed by atoms with Crippen LogP contribution in [0.5, 0.6) is 0 Å². The molecule has 34 heavy (non-hydrogen) atoms. The standard InChI is InChI=1S/C24H27F3N6O/c1-15-2-7-19-20(12-15)31-32-23(19)21(30-28)13-29-18-5-3-16(4-6-18)17-8-10-33(11-9-17)14-22(34)24(25,26)27/h2-7,12-13,17,21-22,28,34H,8-11,14H2,1H3,(H,31,32). The molecule has 1 aliphatic rings. The van der Waals surface area contributed by atoms with E-state index in [1.807, 2.05) is 49.4 Å². The number of halogens is 3. The number of aryl methyl sites for hydroxylation is 1. The number of nitrogens with zero attached hydrogens (tertiary/aromatic N) is 4. The zero-order chi connectivity index (χ0) is 24.3. The number of piperidine rings is 1. The minimum absolute atomic E-state index is 0.258. The number of nitrogens with one attached hydrogen (secondary N) is 2. The van der Waals surface area contributed by atoms with Crippen LogP contribution in [0.1, 0.15) is 41.6 Å². The maximum Gasteiger partial charge on any atom is 0.415 e. The Hall–Kier alpha value is -3.11. The molecule has 2 aromatic carbocycles. The highest BCUT2D eigenvalue weighted by atomic mass is 19.4. The molecule has 0 radical (unpaired) electrons. The summed E-state index contributed by atoms with van der Waals surface area (Å²) in [7, 11) is 0. The molecule has 1 aliphatic heterocycles. The third-order valence-corrected chi connectivity index (χ3v) is 6.30. The first-order valence-corrected chi connectivity index (χ1v) is 11.2. The second-order valence-corrected chi connectivity index (χ2v) is 8.73. The van der Waals surface area contributed by atoms with Crippen molar-refractivity contribution in [2.45, 2.75) is 44.0 Å². The molecule has 0 bridgehead atoms. The molecule has 1 saturated heterocycles. The number of aliphatic hydroxyl groups is 1. The van der Waals surface area contributed by atoms with Crippen LogP contribution in [0, 0.1) is 12.5 Å². The fourth-order valence-electron chi connectivity index (χ4n) is 4.33. The molecule has 2 atom stereocenters. The van der Waals surface area contributed by atoms with Crippen molar-refractivity contribution in [3.63, 3.8) is 0 Å². The molecule has 1 fully saturated rings. The Kier molecular flexibility index (Phi) is 7.08. The highest BCUT2D eigenvalue weighted by Crippen LogP contribution is 2.31. The summed E-state index contributed by atoms with van der Waals surface area (Å²) in [5.41, 5.74) is 12.1. The Labute approximate surface area is 195 Å². The van der Waals surface area contributed by atoms with Gasteiger partial charge in [-0.15, -0.1) is 0 Å². The van der Waals surface area contributed by atoms with E-state index in [1.165, 1.54) is 0 Å². The van der Waals surface area contributed by atoms with E-state index in [2.05, 4.69) is 20.3 Å². The van der Waals surface area contributed by atoms with Gasteiger partial charge in [-0.1, -0.05) is 24.3 Å². The zero-order valence-corrected chi connectivity index (χ0v) is 18.8. The zero-order valence-electron chi connectivity index (χ0n) is 18.8. The molecule has 0 saturated carbocycles. The first-order chi connectivity index (χ1) is 16.2. The van der Waals surface area contributed by atoms with Crippen LogP contribution in [-0.2, 0) is 0 Å². The molecule has 1 aromatic heterocycles. The average Bonchev–Trinajstić information content (AvgIpc) is 3.23. The van der Waals surface area contributed by atoms with E-state index >= 15 is 0 Å². The minimum Gasteiger partial charge on any atom is -0.382 e. The topological polar surface area (TPSA) is 101 Å². The Morgan fingerprint density at radius 3 is 2.56 bits per heavy atom. The number of aliphatic hydroxyl groups excluding tert-OH is 1. The highest BCUT2D eigenvalue weighted by molar-refractivity contribution is 5.86. The number of fused-ring (bicyclic) bond motifs is 1. The van der Waals surface area contributed by atoms with Crippen molar-refractivity contribution in [3.8, 4) is 0 Å². The van der Waals surface area contributed by atoms with Crippen LogP contribution in [0.4, 0.5) is 18.9 Å². The first kappa shape index (κ1) is 24.0. The summed E-state index contributed by atoms with van der Waals surface area (Å²) in [4.78, 5) is 6.15. The van der Waals surface area contributed by atoms with Crippen LogP contribution >= 0.6 is 0 Å². The fourth-order valence-corrected chi connectivity index (χ4v) is 4.33. The lowest BCUT2D eigenvalue weighted by molar-refractivity contribution is -0.208. The van der Waals surface area contributed by atoms with E-state index in [0.717, 1.165) is 40.6 Å². The third-order valence-electron chi connectivity index (χ3n) is 6.30. The summed E-state index contributed by atoms with van der Waals surface area (Å²) >= 11 is 0. The van der Waals surface area contributed by atoms with Crippen LogP contribution in [0.15, 0.2) is 52.6 Å². The van der Waals surface area contributed by atoms with Crippen molar-refractivity contribution < 1.29 is 18.3 Å². The van der Waals surface area contributed by atoms with E-state index < -0.39 is 18.3 Å². The second kappa shape index (κ2) is 10.0. The van der Waals surface area contributed by atoms with Crippen LogP contribution in [-0.4, -0.2) is 58.3 Å². The van der Waals surface area contributed by atoms with E-state index in [9.17, 15) is 18.3 Å². The lowest BCUT2D eigenvalue weighted by Gasteiger charge is -2.33. The third kappa shape index (κ3) is 5.51. The number of aliphatic imine (C=N–C) groups is 1. The number of hydrogen-bond donors (Lipinski definition) is 3. The molecule has 10 heteroatoms. The van der Waals surface area contributed by atoms with Gasteiger partial charge in [-0.3, -0.25) is 10.1 Å². The van der Waals surface area contributed by atoms with E-state index in [0.29, 0.717) is 18.8 Å². The molecule has 0 amide bonds. The molecule has 180 valence electrons. The second-order valence-electron chi connectivity index (χ2n) is 8.73. The molecule has 4 rings (SSSR count). The molecule has 0 aliphatic carbocycles. The van der Waals surface area contributed by atoms with Crippen molar-refractivity contribution in [2.24, 2.45) is 10.1 Å². The van der Waals surface area contributed by atoms with Gasteiger partial charge in [0.15, 0.2) is 6.10 Å². The van der Waals surface area contributed by atoms with Crippen molar-refractivity contribution in [3.05, 3.63) is 59.3 Å². The normalized spacial score (nSPS) is 17.9. The molecule has 2 unspecified atom stereocenters. The summed E-state index contributed by atoms with van der Waals surface area (Å²) < 4.78 is 37.7. The van der Waals surface area contributed by atoms with Crippen LogP contribution in [0.2, 0.25) is 0 Å². The van der Waals surface area contributed by atoms with Gasteiger partial charge in [-0.2, -0.15) is 23.4 Å². The van der Waals surface area contributed by atoms with Crippen molar-refractivity contribution in [1.82, 2.24) is 15.1 Å². The average molecular weight is 473 g/mol. The molecule has 2 heterocycles. The molecule has 3 aromatic rings. The summed E-state index contributed by atoms with van der Waals surface area (Å²) in [5, 5.41) is 21.1. The maximum atomic E-state index is 12.6. The molecule has 0 spiro atoms. The summed E-state index contributed by atoms with van der Waals surface area (Å²) in [6.45, 7) is 2.65. The number of rotatable bonds is 7. The number of benzene rings is 2. The predicted molar refractivity (Wildman–Crippen MR) is 124 cm³/mol. The van der Waals surface area contributed by atoms with Crippen LogP contribution in [0.3, 0.4) is 0 Å². The van der Waals surface area contributed by atoms with Gasteiger partial charge in [0.2, 0.25) is 0 Å². The van der Waals surface area contributed by atoms with Gasteiger partial charge in [-0.05, 0) is 68.1 Å². The first-order valence-electron chi connectivity index (χ1n) is 11.2. The van der Waals surface area contributed by atoms with E-state index in [-0.39, 0.29) is 12.5 Å². The Balaban J connectivity index is 1.36. The number of likely N-dealkylation sites (tertiary alicyclic amines) is 1.